The number of halogens is 2. The van der Waals surface area contributed by atoms with Gasteiger partial charge in [0.1, 0.15) is 5.82 Å². The van der Waals surface area contributed by atoms with Gasteiger partial charge in [-0.3, -0.25) is 19.8 Å². The molecule has 1 saturated heterocycles. The highest BCUT2D eigenvalue weighted by molar-refractivity contribution is 6.11. The quantitative estimate of drug-likeness (QED) is 0.468. The molecule has 0 radical (unpaired) electrons. The Morgan fingerprint density at radius 2 is 1.88 bits per heavy atom. The Morgan fingerprint density at radius 1 is 1.03 bits per heavy atom. The number of hydrogen-bond acceptors (Lipinski definition) is 5. The Bertz CT molecular complexity index is 1320. The van der Waals surface area contributed by atoms with Crippen molar-refractivity contribution in [2.75, 3.05) is 18.4 Å². The van der Waals surface area contributed by atoms with E-state index in [9.17, 15) is 13.6 Å². The number of carbonyl (C=O) groups excluding carboxylic acids is 1. The fraction of sp³-hybridized carbons (Fsp3) is 0.250. The molecule has 1 aliphatic rings. The van der Waals surface area contributed by atoms with Crippen molar-refractivity contribution in [3.8, 4) is 11.1 Å². The van der Waals surface area contributed by atoms with Crippen LogP contribution in [0, 0.1) is 11.6 Å². The maximum atomic E-state index is 13.9. The number of benzene rings is 1. The lowest BCUT2D eigenvalue weighted by molar-refractivity contribution is 0.102. The van der Waals surface area contributed by atoms with Crippen molar-refractivity contribution >= 4 is 22.6 Å². The monoisotopic (exact) mass is 448 g/mol. The number of aromatic nitrogens is 4. The summed E-state index contributed by atoms with van der Waals surface area (Å²) in [5, 5.41) is 9.83. The van der Waals surface area contributed by atoms with Gasteiger partial charge in [-0.2, -0.15) is 5.10 Å². The first-order valence-electron chi connectivity index (χ1n) is 10.8. The summed E-state index contributed by atoms with van der Waals surface area (Å²) in [6, 6.07) is 8.39. The van der Waals surface area contributed by atoms with Crippen LogP contribution >= 0.6 is 0 Å². The summed E-state index contributed by atoms with van der Waals surface area (Å²) in [6.07, 6.45) is 8.26. The lowest BCUT2D eigenvalue weighted by Crippen LogP contribution is -2.29. The Morgan fingerprint density at radius 3 is 2.70 bits per heavy atom. The molecule has 3 aromatic heterocycles. The summed E-state index contributed by atoms with van der Waals surface area (Å²) in [7, 11) is 0. The molecule has 0 atom stereocenters. The molecule has 168 valence electrons. The average molecular weight is 448 g/mol. The van der Waals surface area contributed by atoms with Crippen molar-refractivity contribution in [3.63, 3.8) is 0 Å². The Hall–Kier alpha value is -3.72. The van der Waals surface area contributed by atoms with Gasteiger partial charge in [0.15, 0.2) is 17.3 Å². The van der Waals surface area contributed by atoms with Crippen molar-refractivity contribution in [1.82, 2.24) is 25.1 Å². The maximum Gasteiger partial charge on any atom is 0.278 e. The van der Waals surface area contributed by atoms with E-state index in [4.69, 9.17) is 0 Å². The summed E-state index contributed by atoms with van der Waals surface area (Å²) < 4.78 is 27.0. The second-order valence-electron chi connectivity index (χ2n) is 8.19. The highest BCUT2D eigenvalue weighted by Gasteiger charge is 2.18. The lowest BCUT2D eigenvalue weighted by atomic mass is 10.0. The molecule has 0 spiro atoms. The van der Waals surface area contributed by atoms with E-state index in [1.165, 1.54) is 19.3 Å². The molecular formula is C24H22F2N6O. The minimum Gasteiger partial charge on any atom is -0.303 e. The van der Waals surface area contributed by atoms with Crippen LogP contribution in [0.15, 0.2) is 48.9 Å². The van der Waals surface area contributed by atoms with Crippen molar-refractivity contribution < 1.29 is 13.6 Å². The van der Waals surface area contributed by atoms with Gasteiger partial charge in [-0.05, 0) is 55.3 Å². The number of aromatic amines is 1. The van der Waals surface area contributed by atoms with Crippen LogP contribution in [0.2, 0.25) is 0 Å². The summed E-state index contributed by atoms with van der Waals surface area (Å²) in [4.78, 5) is 23.2. The number of piperidine rings is 1. The predicted octanol–water partition coefficient (Wildman–Crippen LogP) is 4.54. The molecule has 9 heteroatoms. The summed E-state index contributed by atoms with van der Waals surface area (Å²) in [6.45, 7) is 3.07. The Balaban J connectivity index is 1.41. The highest BCUT2D eigenvalue weighted by Crippen LogP contribution is 2.27. The summed E-state index contributed by atoms with van der Waals surface area (Å²) in [5.74, 6) is -2.78. The molecule has 4 heterocycles. The average Bonchev–Trinajstić information content (AvgIpc) is 3.25. The van der Waals surface area contributed by atoms with E-state index >= 15 is 0 Å². The van der Waals surface area contributed by atoms with Crippen LogP contribution < -0.4 is 5.32 Å². The van der Waals surface area contributed by atoms with E-state index in [0.29, 0.717) is 17.0 Å². The van der Waals surface area contributed by atoms with Gasteiger partial charge in [0.2, 0.25) is 0 Å². The van der Waals surface area contributed by atoms with Crippen molar-refractivity contribution in [2.24, 2.45) is 0 Å². The molecule has 1 aromatic carbocycles. The molecule has 1 amide bonds. The van der Waals surface area contributed by atoms with E-state index in [-0.39, 0.29) is 11.5 Å². The van der Waals surface area contributed by atoms with Gasteiger partial charge in [0.25, 0.3) is 5.91 Å². The largest absolute Gasteiger partial charge is 0.303 e. The number of amides is 1. The van der Waals surface area contributed by atoms with Crippen LogP contribution in [-0.4, -0.2) is 44.1 Å². The zero-order chi connectivity index (χ0) is 22.8. The number of nitrogens with one attached hydrogen (secondary N) is 2. The molecule has 33 heavy (non-hydrogen) atoms. The molecule has 1 aliphatic heterocycles. The second kappa shape index (κ2) is 9.03. The molecule has 4 aromatic rings. The molecule has 5 rings (SSSR count). The van der Waals surface area contributed by atoms with Gasteiger partial charge in [0, 0.05) is 36.0 Å². The number of pyridine rings is 2. The smallest absolute Gasteiger partial charge is 0.278 e. The van der Waals surface area contributed by atoms with Crippen LogP contribution in [0.4, 0.5) is 14.6 Å². The molecule has 7 nitrogen and oxygen atoms in total. The number of hydrogen-bond donors (Lipinski definition) is 2. The van der Waals surface area contributed by atoms with Crippen LogP contribution in [0.1, 0.15) is 35.3 Å². The van der Waals surface area contributed by atoms with Gasteiger partial charge < -0.3 is 5.32 Å². The molecule has 2 N–H and O–H groups in total. The number of H-pyrrole nitrogens is 1. The highest BCUT2D eigenvalue weighted by atomic mass is 19.1. The molecule has 0 unspecified atom stereocenters. The third-order valence-electron chi connectivity index (χ3n) is 5.80. The summed E-state index contributed by atoms with van der Waals surface area (Å²) in [5.41, 5.74) is 3.71. The number of fused-ring (bicyclic) bond motifs is 1. The topological polar surface area (TPSA) is 86.8 Å². The SMILES string of the molecule is O=C(Nc1ncc(F)cc1F)c1n[nH]c2ccc(-c3cncc(CN4CCCCC4)c3)cc12. The zero-order valence-corrected chi connectivity index (χ0v) is 17.8. The summed E-state index contributed by atoms with van der Waals surface area (Å²) >= 11 is 0. The van der Waals surface area contributed by atoms with Crippen molar-refractivity contribution in [3.05, 3.63) is 71.8 Å². The van der Waals surface area contributed by atoms with E-state index in [2.05, 4.69) is 36.4 Å². The fourth-order valence-electron chi connectivity index (χ4n) is 4.15. The molecule has 0 bridgehead atoms. The van der Waals surface area contributed by atoms with Crippen LogP contribution in [-0.2, 0) is 6.54 Å². The number of carbonyl (C=O) groups is 1. The van der Waals surface area contributed by atoms with E-state index in [1.807, 2.05) is 24.4 Å². The minimum absolute atomic E-state index is 0.0924. The number of likely N-dealkylation sites (tertiary alicyclic amines) is 1. The first-order chi connectivity index (χ1) is 16.1. The first-order valence-corrected chi connectivity index (χ1v) is 10.8. The van der Waals surface area contributed by atoms with E-state index in [1.54, 1.807) is 6.20 Å². The van der Waals surface area contributed by atoms with Crippen molar-refractivity contribution in [2.45, 2.75) is 25.8 Å². The van der Waals surface area contributed by atoms with Crippen LogP contribution in [0.3, 0.4) is 0 Å². The predicted molar refractivity (Wildman–Crippen MR) is 121 cm³/mol. The van der Waals surface area contributed by atoms with E-state index < -0.39 is 17.5 Å². The molecule has 0 aliphatic carbocycles. The second-order valence-corrected chi connectivity index (χ2v) is 8.19. The van der Waals surface area contributed by atoms with Crippen molar-refractivity contribution in [1.29, 1.82) is 0 Å². The third-order valence-corrected chi connectivity index (χ3v) is 5.80. The van der Waals surface area contributed by atoms with Crippen LogP contribution in [0.25, 0.3) is 22.0 Å². The Labute approximate surface area is 188 Å². The fourth-order valence-corrected chi connectivity index (χ4v) is 4.15. The standard InChI is InChI=1S/C24H22F2N6O/c25-18-10-20(26)23(28-13-18)29-24(33)22-19-9-16(4-5-21(19)30-31-22)17-8-15(11-27-12-17)14-32-6-2-1-3-7-32/h4-5,8-13H,1-3,6-7,14H2,(H,30,31)(H,28,29,33). The van der Waals surface area contributed by atoms with E-state index in [0.717, 1.165) is 42.5 Å². The minimum atomic E-state index is -0.958. The van der Waals surface area contributed by atoms with Gasteiger partial charge in [-0.25, -0.2) is 13.8 Å². The maximum absolute atomic E-state index is 13.9. The number of rotatable bonds is 5. The van der Waals surface area contributed by atoms with Gasteiger partial charge >= 0.3 is 0 Å². The zero-order valence-electron chi connectivity index (χ0n) is 17.8. The number of anilines is 1. The normalized spacial score (nSPS) is 14.5. The lowest BCUT2D eigenvalue weighted by Gasteiger charge is -2.26. The number of nitrogens with zero attached hydrogens (tertiary/aromatic N) is 4. The van der Waals surface area contributed by atoms with Crippen LogP contribution in [0.5, 0.6) is 0 Å². The molecular weight excluding hydrogens is 426 g/mol. The van der Waals surface area contributed by atoms with Gasteiger partial charge in [0.05, 0.1) is 11.7 Å². The molecule has 0 saturated carbocycles. The molecule has 1 fully saturated rings. The third kappa shape index (κ3) is 4.58. The van der Waals surface area contributed by atoms with Gasteiger partial charge in [-0.1, -0.05) is 12.5 Å². The first kappa shape index (κ1) is 21.1. The van der Waals surface area contributed by atoms with Gasteiger partial charge in [-0.15, -0.1) is 0 Å². The Kier molecular flexibility index (Phi) is 5.78.